The number of hydrogen-bond acceptors (Lipinski definition) is 8. The lowest BCUT2D eigenvalue weighted by Gasteiger charge is -2.32. The number of anilines is 1. The average molecular weight is 553 g/mol. The topological polar surface area (TPSA) is 117 Å². The van der Waals surface area contributed by atoms with Crippen molar-refractivity contribution in [2.45, 2.75) is 43.9 Å². The van der Waals surface area contributed by atoms with Crippen LogP contribution >= 0.6 is 0 Å². The third-order valence-corrected chi connectivity index (χ3v) is 8.29. The average Bonchev–Trinajstić information content (AvgIpc) is 3.64. The van der Waals surface area contributed by atoms with E-state index >= 15 is 0 Å². The molecule has 4 aromatic heterocycles. The van der Waals surface area contributed by atoms with E-state index in [0.717, 1.165) is 47.2 Å². The highest BCUT2D eigenvalue weighted by molar-refractivity contribution is 5.80. The lowest BCUT2D eigenvalue weighted by atomic mass is 9.89. The molecule has 1 aliphatic carbocycles. The van der Waals surface area contributed by atoms with Crippen molar-refractivity contribution in [3.05, 3.63) is 96.4 Å². The van der Waals surface area contributed by atoms with Gasteiger partial charge in [0.1, 0.15) is 17.7 Å². The molecule has 7 rings (SSSR count). The van der Waals surface area contributed by atoms with Gasteiger partial charge in [-0.25, -0.2) is 23.9 Å². The van der Waals surface area contributed by atoms with Crippen molar-refractivity contribution < 1.29 is 14.6 Å². The second-order valence-corrected chi connectivity index (χ2v) is 10.9. The van der Waals surface area contributed by atoms with Crippen molar-refractivity contribution in [2.24, 2.45) is 0 Å². The Hall–Kier alpha value is -4.48. The summed E-state index contributed by atoms with van der Waals surface area (Å²) >= 11 is 0. The molecule has 1 aliphatic heterocycles. The van der Waals surface area contributed by atoms with Gasteiger partial charge in [-0.05, 0) is 55.5 Å². The Kier molecular flexibility index (Phi) is 6.13. The fraction of sp³-hybridized carbons (Fsp3) is 0.300. The molecule has 2 N–H and O–H groups in total. The van der Waals surface area contributed by atoms with E-state index in [0.29, 0.717) is 30.2 Å². The number of halogens is 1. The molecule has 41 heavy (non-hydrogen) atoms. The molecular formula is C30H29FN8O2. The van der Waals surface area contributed by atoms with Crippen LogP contribution in [-0.4, -0.2) is 63.8 Å². The zero-order valence-electron chi connectivity index (χ0n) is 22.5. The Labute approximate surface area is 235 Å². The van der Waals surface area contributed by atoms with Crippen LogP contribution in [0, 0.1) is 5.82 Å². The summed E-state index contributed by atoms with van der Waals surface area (Å²) in [6.45, 7) is 2.97. The molecule has 5 aromatic rings. The van der Waals surface area contributed by atoms with Crippen molar-refractivity contribution in [3.63, 3.8) is 0 Å². The number of aliphatic hydroxyl groups is 2. The molecule has 1 fully saturated rings. The molecule has 1 aromatic carbocycles. The van der Waals surface area contributed by atoms with Crippen molar-refractivity contribution in [1.82, 2.24) is 34.3 Å². The molecule has 0 radical (unpaired) electrons. The lowest BCUT2D eigenvalue weighted by molar-refractivity contribution is 0.0254. The quantitative estimate of drug-likeness (QED) is 0.327. The highest BCUT2D eigenvalue weighted by Crippen LogP contribution is 2.34. The first kappa shape index (κ1) is 25.5. The van der Waals surface area contributed by atoms with Gasteiger partial charge in [-0.3, -0.25) is 4.68 Å². The van der Waals surface area contributed by atoms with Crippen LogP contribution in [0.1, 0.15) is 49.0 Å². The lowest BCUT2D eigenvalue weighted by Crippen LogP contribution is -2.33. The molecule has 5 heterocycles. The number of hydrogen-bond donors (Lipinski definition) is 2. The molecule has 208 valence electrons. The van der Waals surface area contributed by atoms with Gasteiger partial charge in [-0.1, -0.05) is 18.2 Å². The molecule has 2 aliphatic rings. The van der Waals surface area contributed by atoms with E-state index in [1.807, 2.05) is 27.8 Å². The highest BCUT2D eigenvalue weighted by Gasteiger charge is 2.31. The summed E-state index contributed by atoms with van der Waals surface area (Å²) in [5, 5.41) is 30.0. The van der Waals surface area contributed by atoms with E-state index in [-0.39, 0.29) is 18.0 Å². The van der Waals surface area contributed by atoms with E-state index in [9.17, 15) is 14.6 Å². The summed E-state index contributed by atoms with van der Waals surface area (Å²) in [6, 6.07) is 7.90. The van der Waals surface area contributed by atoms with Crippen molar-refractivity contribution in [2.75, 3.05) is 18.0 Å². The van der Waals surface area contributed by atoms with Gasteiger partial charge < -0.3 is 15.1 Å². The van der Waals surface area contributed by atoms with Crippen molar-refractivity contribution in [1.29, 1.82) is 0 Å². The molecule has 1 saturated carbocycles. The summed E-state index contributed by atoms with van der Waals surface area (Å²) in [4.78, 5) is 15.7. The minimum atomic E-state index is -1.34. The Bertz CT molecular complexity index is 1740. The first-order valence-electron chi connectivity index (χ1n) is 13.7. The van der Waals surface area contributed by atoms with Crippen LogP contribution in [0.25, 0.3) is 22.2 Å². The van der Waals surface area contributed by atoms with Crippen LogP contribution in [-0.2, 0) is 5.60 Å². The number of aromatic nitrogens is 7. The van der Waals surface area contributed by atoms with Gasteiger partial charge in [0.25, 0.3) is 0 Å². The third kappa shape index (κ3) is 4.56. The first-order valence-corrected chi connectivity index (χ1v) is 13.7. The van der Waals surface area contributed by atoms with Gasteiger partial charge in [0.05, 0.1) is 29.6 Å². The zero-order valence-corrected chi connectivity index (χ0v) is 22.5. The normalized spacial score (nSPS) is 20.5. The molecule has 10 nitrogen and oxygen atoms in total. The standard InChI is InChI=1S/C30H29FN8O2/c1-30(41,22-2-4-24(31)5-3-22)23-14-32-29(33-15-23)37-10-8-19(9-11-37)28-26-12-20(16-39(26)36-18-34-28)21-13-35-38(17-21)25-6-7-27(25)40/h2-5,8,12-18,25,27,40-41H,6-7,9-11H2,1H3/t25-,27-,30-/m0/s1. The van der Waals surface area contributed by atoms with Crippen LogP contribution in [0.3, 0.4) is 0 Å². The highest BCUT2D eigenvalue weighted by atomic mass is 19.1. The first-order chi connectivity index (χ1) is 19.9. The molecule has 0 saturated heterocycles. The van der Waals surface area contributed by atoms with Crippen molar-refractivity contribution in [3.8, 4) is 11.1 Å². The van der Waals surface area contributed by atoms with Gasteiger partial charge in [-0.15, -0.1) is 0 Å². The minimum absolute atomic E-state index is 0.0506. The van der Waals surface area contributed by atoms with Crippen LogP contribution in [0.15, 0.2) is 73.7 Å². The van der Waals surface area contributed by atoms with E-state index < -0.39 is 5.60 Å². The molecule has 0 spiro atoms. The van der Waals surface area contributed by atoms with E-state index in [1.165, 1.54) is 12.1 Å². The number of benzene rings is 1. The van der Waals surface area contributed by atoms with E-state index in [2.05, 4.69) is 42.2 Å². The van der Waals surface area contributed by atoms with Gasteiger partial charge in [-0.2, -0.15) is 10.2 Å². The van der Waals surface area contributed by atoms with Crippen LogP contribution in [0.5, 0.6) is 0 Å². The van der Waals surface area contributed by atoms with Gasteiger partial charge in [0, 0.05) is 54.6 Å². The zero-order chi connectivity index (χ0) is 28.1. The molecule has 0 amide bonds. The Morgan fingerprint density at radius 2 is 1.76 bits per heavy atom. The Balaban J connectivity index is 1.09. The summed E-state index contributed by atoms with van der Waals surface area (Å²) < 4.78 is 17.0. The molecule has 0 bridgehead atoms. The van der Waals surface area contributed by atoms with E-state index in [4.69, 9.17) is 0 Å². The van der Waals surface area contributed by atoms with Crippen LogP contribution in [0.4, 0.5) is 10.3 Å². The van der Waals surface area contributed by atoms with E-state index in [1.54, 1.807) is 37.8 Å². The van der Waals surface area contributed by atoms with Gasteiger partial charge in [0.2, 0.25) is 5.95 Å². The SMILES string of the molecule is C[C@](O)(c1ccc(F)cc1)c1cnc(N2CC=C(c3ncnn4cc(-c5cnn([C@H]6CC[C@@H]6O)c5)cc34)CC2)nc1. The maximum atomic E-state index is 13.3. The summed E-state index contributed by atoms with van der Waals surface area (Å²) in [5.74, 6) is 0.219. The summed E-state index contributed by atoms with van der Waals surface area (Å²) in [5.41, 5.74) is 4.66. The molecule has 0 unspecified atom stereocenters. The fourth-order valence-electron chi connectivity index (χ4n) is 5.52. The Morgan fingerprint density at radius 1 is 0.951 bits per heavy atom. The smallest absolute Gasteiger partial charge is 0.225 e. The maximum Gasteiger partial charge on any atom is 0.225 e. The van der Waals surface area contributed by atoms with Gasteiger partial charge in [0.15, 0.2) is 0 Å². The molecular weight excluding hydrogens is 523 g/mol. The predicted octanol–water partition coefficient (Wildman–Crippen LogP) is 3.77. The second kappa shape index (κ2) is 9.86. The molecule has 3 atom stereocenters. The maximum absolute atomic E-state index is 13.3. The predicted molar refractivity (Wildman–Crippen MR) is 150 cm³/mol. The minimum Gasteiger partial charge on any atom is -0.391 e. The monoisotopic (exact) mass is 552 g/mol. The van der Waals surface area contributed by atoms with Gasteiger partial charge >= 0.3 is 0 Å². The number of aliphatic hydroxyl groups excluding tert-OH is 1. The number of fused-ring (bicyclic) bond motifs is 1. The Morgan fingerprint density at radius 3 is 2.44 bits per heavy atom. The number of nitrogens with zero attached hydrogens (tertiary/aromatic N) is 8. The van der Waals surface area contributed by atoms with Crippen LogP contribution in [0.2, 0.25) is 0 Å². The summed E-state index contributed by atoms with van der Waals surface area (Å²) in [7, 11) is 0. The van der Waals surface area contributed by atoms with Crippen molar-refractivity contribution >= 4 is 17.0 Å². The van der Waals surface area contributed by atoms with Crippen LogP contribution < -0.4 is 4.90 Å². The summed E-state index contributed by atoms with van der Waals surface area (Å²) in [6.07, 6.45) is 14.9. The molecule has 11 heteroatoms. The number of rotatable bonds is 6. The second-order valence-electron chi connectivity index (χ2n) is 10.9. The third-order valence-electron chi connectivity index (χ3n) is 8.29. The largest absolute Gasteiger partial charge is 0.391 e. The fourth-order valence-corrected chi connectivity index (χ4v) is 5.52.